The van der Waals surface area contributed by atoms with Gasteiger partial charge in [0.05, 0.1) is 5.92 Å². The Bertz CT molecular complexity index is 244. The molecule has 1 heterocycles. The van der Waals surface area contributed by atoms with Crippen LogP contribution in [0.15, 0.2) is 0 Å². The highest BCUT2D eigenvalue weighted by Gasteiger charge is 2.07. The molecule has 0 atom stereocenters. The molecule has 0 amide bonds. The van der Waals surface area contributed by atoms with Crippen molar-refractivity contribution in [2.24, 2.45) is 5.92 Å². The molecule has 1 radical (unpaired) electrons. The number of carbonyl (C=O) groups is 1. The summed E-state index contributed by atoms with van der Waals surface area (Å²) in [6, 6.07) is 0. The van der Waals surface area contributed by atoms with Crippen LogP contribution in [0, 0.1) is 12.2 Å². The molecular weight excluding hydrogens is 160 g/mol. The minimum absolute atomic E-state index is 0.0179. The Kier molecular flexibility index (Phi) is 2.73. The Balaban J connectivity index is 2.32. The lowest BCUT2D eigenvalue weighted by molar-refractivity contribution is -0.151. The first-order valence-electron chi connectivity index (χ1n) is 3.50. The second-order valence-corrected chi connectivity index (χ2v) is 2.53. The summed E-state index contributed by atoms with van der Waals surface area (Å²) in [6.45, 7) is 3.53. The fraction of sp³-hybridized carbons (Fsp3) is 0.667. The number of carbonyl (C=O) groups excluding carboxylic acids is 1. The molecule has 0 aliphatic carbocycles. The van der Waals surface area contributed by atoms with Gasteiger partial charge < -0.3 is 4.74 Å². The molecule has 0 saturated carbocycles. The van der Waals surface area contributed by atoms with Crippen LogP contribution in [0.2, 0.25) is 0 Å². The molecule has 1 rings (SSSR count). The second-order valence-electron chi connectivity index (χ2n) is 2.53. The van der Waals surface area contributed by atoms with Gasteiger partial charge in [0.15, 0.2) is 6.73 Å². The van der Waals surface area contributed by atoms with Crippen LogP contribution in [-0.2, 0) is 16.3 Å². The molecule has 65 valence electrons. The topological polar surface area (TPSA) is 69.9 Å². The van der Waals surface area contributed by atoms with Crippen molar-refractivity contribution in [3.63, 3.8) is 0 Å². The Morgan fingerprint density at radius 2 is 2.42 bits per heavy atom. The summed E-state index contributed by atoms with van der Waals surface area (Å²) in [5.74, 6) is -0.416. The van der Waals surface area contributed by atoms with Crippen molar-refractivity contribution in [1.29, 1.82) is 0 Å². The average molecular weight is 169 g/mol. The molecule has 0 N–H and O–H groups in total. The van der Waals surface area contributed by atoms with Crippen LogP contribution < -0.4 is 0 Å². The Labute approximate surface area is 69.5 Å². The van der Waals surface area contributed by atoms with Gasteiger partial charge in [-0.15, -0.1) is 5.10 Å². The van der Waals surface area contributed by atoms with E-state index in [0.29, 0.717) is 0 Å². The van der Waals surface area contributed by atoms with Gasteiger partial charge in [-0.05, 0) is 10.4 Å². The molecule has 0 saturated heterocycles. The zero-order valence-corrected chi connectivity index (χ0v) is 6.89. The van der Waals surface area contributed by atoms with Gasteiger partial charge in [0, 0.05) is 0 Å². The van der Waals surface area contributed by atoms with Gasteiger partial charge in [0.2, 0.25) is 6.33 Å². The predicted octanol–water partition coefficient (Wildman–Crippen LogP) is -0.370. The van der Waals surface area contributed by atoms with E-state index in [-0.39, 0.29) is 18.6 Å². The minimum atomic E-state index is -0.279. The Morgan fingerprint density at radius 3 is 2.92 bits per heavy atom. The number of nitrogens with zero attached hydrogens (tertiary/aromatic N) is 4. The van der Waals surface area contributed by atoms with E-state index >= 15 is 0 Å². The van der Waals surface area contributed by atoms with E-state index in [9.17, 15) is 4.79 Å². The molecule has 6 heteroatoms. The van der Waals surface area contributed by atoms with E-state index in [1.165, 1.54) is 4.68 Å². The van der Waals surface area contributed by atoms with Crippen LogP contribution in [0.4, 0.5) is 0 Å². The quantitative estimate of drug-likeness (QED) is 0.577. The lowest BCUT2D eigenvalue weighted by atomic mass is 10.2. The van der Waals surface area contributed by atoms with Crippen LogP contribution in [0.5, 0.6) is 0 Å². The minimum Gasteiger partial charge on any atom is -0.442 e. The third-order valence-corrected chi connectivity index (χ3v) is 1.15. The summed E-state index contributed by atoms with van der Waals surface area (Å²) in [5.41, 5.74) is 0. The molecule has 1 aromatic heterocycles. The van der Waals surface area contributed by atoms with Crippen molar-refractivity contribution in [2.45, 2.75) is 20.6 Å². The predicted molar refractivity (Wildman–Crippen MR) is 37.6 cm³/mol. The monoisotopic (exact) mass is 169 g/mol. The van der Waals surface area contributed by atoms with E-state index < -0.39 is 0 Å². The number of esters is 1. The lowest BCUT2D eigenvalue weighted by Gasteiger charge is -2.04. The Hall–Kier alpha value is -1.46. The third-order valence-electron chi connectivity index (χ3n) is 1.15. The number of aromatic nitrogens is 4. The number of hydrogen-bond acceptors (Lipinski definition) is 5. The summed E-state index contributed by atoms with van der Waals surface area (Å²) in [7, 11) is 0. The van der Waals surface area contributed by atoms with E-state index in [1.807, 2.05) is 0 Å². The molecule has 0 aliphatic heterocycles. The van der Waals surface area contributed by atoms with Gasteiger partial charge in [-0.25, -0.2) is 0 Å². The van der Waals surface area contributed by atoms with Crippen LogP contribution >= 0.6 is 0 Å². The third kappa shape index (κ3) is 2.30. The standard InChI is InChI=1S/C6H9N4O2/c1-5(2)6(11)12-4-10-3-7-8-9-10/h5H,4H2,1-2H3. The maximum Gasteiger partial charge on any atom is 0.310 e. The summed E-state index contributed by atoms with van der Waals surface area (Å²) >= 11 is 0. The SMILES string of the molecule is CC(C)C(=O)OCn1[c]nnn1. The highest BCUT2D eigenvalue weighted by Crippen LogP contribution is 1.95. The van der Waals surface area contributed by atoms with E-state index in [2.05, 4.69) is 21.9 Å². The van der Waals surface area contributed by atoms with E-state index in [1.54, 1.807) is 13.8 Å². The molecule has 0 spiro atoms. The van der Waals surface area contributed by atoms with Crippen molar-refractivity contribution in [1.82, 2.24) is 20.2 Å². The lowest BCUT2D eigenvalue weighted by Crippen LogP contribution is -2.14. The first-order valence-corrected chi connectivity index (χ1v) is 3.50. The average Bonchev–Trinajstić information content (AvgIpc) is 2.51. The largest absolute Gasteiger partial charge is 0.442 e. The van der Waals surface area contributed by atoms with Crippen molar-refractivity contribution < 1.29 is 9.53 Å². The molecule has 6 nitrogen and oxygen atoms in total. The molecule has 0 bridgehead atoms. The van der Waals surface area contributed by atoms with Gasteiger partial charge in [0.25, 0.3) is 0 Å². The van der Waals surface area contributed by atoms with Crippen LogP contribution in [0.1, 0.15) is 13.8 Å². The Morgan fingerprint density at radius 1 is 1.67 bits per heavy atom. The summed E-state index contributed by atoms with van der Waals surface area (Å²) in [4.78, 5) is 10.9. The van der Waals surface area contributed by atoms with Crippen molar-refractivity contribution in [3.05, 3.63) is 6.33 Å². The molecular formula is C6H9N4O2. The molecule has 1 aromatic rings. The molecule has 0 aromatic carbocycles. The van der Waals surface area contributed by atoms with E-state index in [0.717, 1.165) is 0 Å². The zero-order chi connectivity index (χ0) is 8.97. The highest BCUT2D eigenvalue weighted by atomic mass is 16.5. The summed E-state index contributed by atoms with van der Waals surface area (Å²) in [5, 5.41) is 10.1. The van der Waals surface area contributed by atoms with Crippen molar-refractivity contribution in [2.75, 3.05) is 0 Å². The maximum atomic E-state index is 10.9. The number of tetrazole rings is 1. The van der Waals surface area contributed by atoms with Crippen molar-refractivity contribution in [3.8, 4) is 0 Å². The fourth-order valence-electron chi connectivity index (χ4n) is 0.506. The number of ether oxygens (including phenoxy) is 1. The van der Waals surface area contributed by atoms with Crippen molar-refractivity contribution >= 4 is 5.97 Å². The first kappa shape index (κ1) is 8.63. The van der Waals surface area contributed by atoms with Crippen LogP contribution in [-0.4, -0.2) is 26.2 Å². The first-order chi connectivity index (χ1) is 5.70. The molecule has 0 unspecified atom stereocenters. The van der Waals surface area contributed by atoms with Gasteiger partial charge in [-0.2, -0.15) is 4.68 Å². The van der Waals surface area contributed by atoms with Crippen LogP contribution in [0.3, 0.4) is 0 Å². The van der Waals surface area contributed by atoms with Gasteiger partial charge >= 0.3 is 5.97 Å². The smallest absolute Gasteiger partial charge is 0.310 e. The normalized spacial score (nSPS) is 10.2. The summed E-state index contributed by atoms with van der Waals surface area (Å²) in [6.07, 6.45) is 2.40. The number of hydrogen-bond donors (Lipinski definition) is 0. The fourth-order valence-corrected chi connectivity index (χ4v) is 0.506. The van der Waals surface area contributed by atoms with E-state index in [4.69, 9.17) is 4.74 Å². The highest BCUT2D eigenvalue weighted by molar-refractivity contribution is 5.71. The molecule has 12 heavy (non-hydrogen) atoms. The van der Waals surface area contributed by atoms with Gasteiger partial charge in [0.1, 0.15) is 0 Å². The van der Waals surface area contributed by atoms with Crippen LogP contribution in [0.25, 0.3) is 0 Å². The maximum absolute atomic E-state index is 10.9. The molecule has 0 aliphatic rings. The van der Waals surface area contributed by atoms with Gasteiger partial charge in [-0.1, -0.05) is 13.8 Å². The van der Waals surface area contributed by atoms with Gasteiger partial charge in [-0.3, -0.25) is 4.79 Å². The zero-order valence-electron chi connectivity index (χ0n) is 6.89. The summed E-state index contributed by atoms with van der Waals surface area (Å²) < 4.78 is 6.01. The second kappa shape index (κ2) is 3.80. The number of rotatable bonds is 3. The molecule has 0 fully saturated rings.